The van der Waals surface area contributed by atoms with E-state index in [0.29, 0.717) is 27.3 Å². The quantitative estimate of drug-likeness (QED) is 0.691. The number of nitrogens with one attached hydrogen (secondary N) is 1. The number of aromatic nitrogens is 2. The first-order valence-corrected chi connectivity index (χ1v) is 9.12. The van der Waals surface area contributed by atoms with Gasteiger partial charge in [0.1, 0.15) is 9.71 Å². The van der Waals surface area contributed by atoms with Crippen LogP contribution in [0.5, 0.6) is 0 Å². The maximum absolute atomic E-state index is 12.4. The number of anilines is 1. The van der Waals surface area contributed by atoms with Crippen LogP contribution in [0, 0.1) is 0 Å². The first kappa shape index (κ1) is 16.0. The molecule has 0 spiro atoms. The Morgan fingerprint density at radius 1 is 1.35 bits per heavy atom. The topological polar surface area (TPSA) is 80.9 Å². The van der Waals surface area contributed by atoms with Crippen LogP contribution in [0.1, 0.15) is 15.2 Å². The lowest BCUT2D eigenvalue weighted by Crippen LogP contribution is -2.22. The number of fused-ring (bicyclic) bond motifs is 1. The summed E-state index contributed by atoms with van der Waals surface area (Å²) in [5.74, 6) is -0.226. The predicted molar refractivity (Wildman–Crippen MR) is 96.2 cm³/mol. The van der Waals surface area contributed by atoms with Crippen molar-refractivity contribution < 1.29 is 4.79 Å². The number of benzene rings is 1. The number of carbonyl (C=O) groups is 1. The van der Waals surface area contributed by atoms with Crippen molar-refractivity contribution in [1.29, 1.82) is 0 Å². The molecule has 0 unspecified atom stereocenters. The summed E-state index contributed by atoms with van der Waals surface area (Å²) in [5.41, 5.74) is 7.45. The number of halogens is 1. The molecular weight excluding hydrogens is 352 g/mol. The van der Waals surface area contributed by atoms with Gasteiger partial charge in [-0.1, -0.05) is 23.7 Å². The molecule has 118 valence electrons. The fraction of sp³-hybridized carbons (Fsp3) is 0.133. The molecule has 3 rings (SSSR count). The van der Waals surface area contributed by atoms with Crippen molar-refractivity contribution in [2.24, 2.45) is 0 Å². The fourth-order valence-corrected chi connectivity index (χ4v) is 3.57. The molecule has 23 heavy (non-hydrogen) atoms. The third-order valence-electron chi connectivity index (χ3n) is 3.28. The Balaban J connectivity index is 1.76. The average molecular weight is 365 g/mol. The van der Waals surface area contributed by atoms with Crippen LogP contribution in [-0.4, -0.2) is 22.4 Å². The molecule has 0 aliphatic carbocycles. The number of thiophene rings is 1. The van der Waals surface area contributed by atoms with Crippen LogP contribution < -0.4 is 11.1 Å². The van der Waals surface area contributed by atoms with Crippen molar-refractivity contribution in [1.82, 2.24) is 15.5 Å². The zero-order chi connectivity index (χ0) is 16.4. The molecule has 8 heteroatoms. The van der Waals surface area contributed by atoms with Gasteiger partial charge in [0.15, 0.2) is 5.15 Å². The molecule has 0 aliphatic rings. The van der Waals surface area contributed by atoms with Crippen LogP contribution in [0.25, 0.3) is 10.2 Å². The molecule has 3 aromatic rings. The van der Waals surface area contributed by atoms with E-state index in [1.807, 2.05) is 30.5 Å². The lowest BCUT2D eigenvalue weighted by Gasteiger charge is -2.05. The van der Waals surface area contributed by atoms with Gasteiger partial charge in [-0.3, -0.25) is 4.79 Å². The Morgan fingerprint density at radius 2 is 2.09 bits per heavy atom. The number of nitrogen functional groups attached to an aromatic ring is 1. The molecule has 5 nitrogen and oxygen atoms in total. The monoisotopic (exact) mass is 364 g/mol. The van der Waals surface area contributed by atoms with E-state index in [1.54, 1.807) is 17.8 Å². The number of amides is 1. The Bertz CT molecular complexity index is 864. The van der Waals surface area contributed by atoms with Gasteiger partial charge in [-0.25, -0.2) is 0 Å². The number of rotatable bonds is 4. The van der Waals surface area contributed by atoms with Crippen molar-refractivity contribution in [2.45, 2.75) is 11.4 Å². The highest BCUT2D eigenvalue weighted by atomic mass is 35.5. The van der Waals surface area contributed by atoms with Gasteiger partial charge in [0.25, 0.3) is 5.91 Å². The van der Waals surface area contributed by atoms with E-state index in [0.717, 1.165) is 5.56 Å². The van der Waals surface area contributed by atoms with Gasteiger partial charge in [-0.05, 0) is 30.0 Å². The smallest absolute Gasteiger partial charge is 0.263 e. The molecule has 2 aromatic heterocycles. The van der Waals surface area contributed by atoms with Gasteiger partial charge in [0.05, 0.1) is 5.69 Å². The van der Waals surface area contributed by atoms with Gasteiger partial charge in [-0.15, -0.1) is 33.3 Å². The van der Waals surface area contributed by atoms with Gasteiger partial charge in [0, 0.05) is 16.8 Å². The van der Waals surface area contributed by atoms with Crippen molar-refractivity contribution in [3.63, 3.8) is 0 Å². The standard InChI is InChI=1S/C15H13ClN4OS2/c1-22-9-4-2-8(3-5-9)7-18-14(21)13-12(17)10-6-11(16)19-20-15(10)23-13/h2-6H,7,17H2,1H3,(H,18,21). The molecule has 0 fully saturated rings. The van der Waals surface area contributed by atoms with Crippen molar-refractivity contribution in [3.05, 3.63) is 45.9 Å². The zero-order valence-corrected chi connectivity index (χ0v) is 14.6. The van der Waals surface area contributed by atoms with Crippen LogP contribution in [0.2, 0.25) is 5.15 Å². The highest BCUT2D eigenvalue weighted by Crippen LogP contribution is 2.32. The minimum absolute atomic E-state index is 0.226. The summed E-state index contributed by atoms with van der Waals surface area (Å²) in [5, 5.41) is 11.5. The second kappa shape index (κ2) is 6.74. The highest BCUT2D eigenvalue weighted by Gasteiger charge is 2.17. The number of hydrogen-bond acceptors (Lipinski definition) is 6. The Kier molecular flexibility index (Phi) is 4.70. The Labute approximate surface area is 146 Å². The normalized spacial score (nSPS) is 10.9. The lowest BCUT2D eigenvalue weighted by atomic mass is 10.2. The number of nitrogens with two attached hydrogens (primary N) is 1. The van der Waals surface area contributed by atoms with E-state index in [4.69, 9.17) is 17.3 Å². The number of nitrogens with zero attached hydrogens (tertiary/aromatic N) is 2. The van der Waals surface area contributed by atoms with Gasteiger partial charge < -0.3 is 11.1 Å². The van der Waals surface area contributed by atoms with Crippen molar-refractivity contribution in [2.75, 3.05) is 12.0 Å². The third-order valence-corrected chi connectivity index (χ3v) is 5.31. The van der Waals surface area contributed by atoms with Gasteiger partial charge in [-0.2, -0.15) is 0 Å². The summed E-state index contributed by atoms with van der Waals surface area (Å²) in [6.45, 7) is 0.438. The SMILES string of the molecule is CSc1ccc(CNC(=O)c2sc3nnc(Cl)cc3c2N)cc1. The minimum Gasteiger partial charge on any atom is -0.397 e. The molecule has 0 aliphatic heterocycles. The second-order valence-corrected chi connectivity index (χ2v) is 7.03. The summed E-state index contributed by atoms with van der Waals surface area (Å²) in [6, 6.07) is 9.65. The Morgan fingerprint density at radius 3 is 2.78 bits per heavy atom. The molecular formula is C15H13ClN4OS2. The summed E-state index contributed by atoms with van der Waals surface area (Å²) in [6.07, 6.45) is 2.02. The van der Waals surface area contributed by atoms with Crippen molar-refractivity contribution in [3.8, 4) is 0 Å². The van der Waals surface area contributed by atoms with Crippen LogP contribution >= 0.6 is 34.7 Å². The van der Waals surface area contributed by atoms with E-state index in [9.17, 15) is 4.79 Å². The fourth-order valence-electron chi connectivity index (χ4n) is 2.07. The van der Waals surface area contributed by atoms with Crippen LogP contribution in [0.15, 0.2) is 35.2 Å². The molecule has 2 heterocycles. The molecule has 3 N–H and O–H groups in total. The van der Waals surface area contributed by atoms with E-state index in [1.165, 1.54) is 16.2 Å². The minimum atomic E-state index is -0.226. The lowest BCUT2D eigenvalue weighted by molar-refractivity contribution is 0.0956. The molecule has 0 radical (unpaired) electrons. The number of hydrogen-bond donors (Lipinski definition) is 2. The molecule has 0 atom stereocenters. The third kappa shape index (κ3) is 3.41. The average Bonchev–Trinajstić information content (AvgIpc) is 2.90. The zero-order valence-electron chi connectivity index (χ0n) is 12.2. The Hall–Kier alpha value is -1.83. The second-order valence-electron chi connectivity index (χ2n) is 4.76. The van der Waals surface area contributed by atoms with E-state index >= 15 is 0 Å². The highest BCUT2D eigenvalue weighted by molar-refractivity contribution is 7.98. The van der Waals surface area contributed by atoms with Crippen molar-refractivity contribution >= 4 is 56.5 Å². The van der Waals surface area contributed by atoms with E-state index in [-0.39, 0.29) is 11.1 Å². The van der Waals surface area contributed by atoms with Crippen LogP contribution in [0.3, 0.4) is 0 Å². The molecule has 0 saturated heterocycles. The number of thioether (sulfide) groups is 1. The molecule has 1 aromatic carbocycles. The first-order valence-electron chi connectivity index (χ1n) is 6.71. The molecule has 0 saturated carbocycles. The largest absolute Gasteiger partial charge is 0.397 e. The van der Waals surface area contributed by atoms with Crippen LogP contribution in [0.4, 0.5) is 5.69 Å². The number of carbonyl (C=O) groups excluding carboxylic acids is 1. The maximum atomic E-state index is 12.4. The van der Waals surface area contributed by atoms with Gasteiger partial charge >= 0.3 is 0 Å². The van der Waals surface area contributed by atoms with Gasteiger partial charge in [0.2, 0.25) is 0 Å². The molecule has 0 bridgehead atoms. The van der Waals surface area contributed by atoms with E-state index < -0.39 is 0 Å². The maximum Gasteiger partial charge on any atom is 0.263 e. The summed E-state index contributed by atoms with van der Waals surface area (Å²) in [4.78, 5) is 14.6. The first-order chi connectivity index (χ1) is 11.1. The predicted octanol–water partition coefficient (Wildman–Crippen LogP) is 3.58. The summed E-state index contributed by atoms with van der Waals surface area (Å²) in [7, 11) is 0. The summed E-state index contributed by atoms with van der Waals surface area (Å²) < 4.78 is 0. The molecule has 1 amide bonds. The summed E-state index contributed by atoms with van der Waals surface area (Å²) >= 11 is 8.71. The van der Waals surface area contributed by atoms with E-state index in [2.05, 4.69) is 15.5 Å². The van der Waals surface area contributed by atoms with Crippen LogP contribution in [-0.2, 0) is 6.54 Å².